The Morgan fingerprint density at radius 2 is 1.82 bits per heavy atom. The molecule has 1 amide bonds. The number of aromatic nitrogens is 2. The van der Waals surface area contributed by atoms with Crippen molar-refractivity contribution in [1.82, 2.24) is 9.97 Å². The maximum Gasteiger partial charge on any atom is 0.236 e. The molecular formula is C11H11Cl2N3O. The van der Waals surface area contributed by atoms with Crippen molar-refractivity contribution in [3.8, 4) is 0 Å². The highest BCUT2D eigenvalue weighted by atomic mass is 35.5. The van der Waals surface area contributed by atoms with Gasteiger partial charge in [0.2, 0.25) is 11.2 Å². The number of carbonyl (C=O) groups excluding carboxylic acids is 1. The Morgan fingerprint density at radius 3 is 2.53 bits per heavy atom. The van der Waals surface area contributed by atoms with Gasteiger partial charge in [-0.25, -0.2) is 4.98 Å². The molecule has 90 valence electrons. The molecule has 2 heterocycles. The normalized spacial score (nSPS) is 21.4. The van der Waals surface area contributed by atoms with E-state index >= 15 is 0 Å². The van der Waals surface area contributed by atoms with Crippen LogP contribution in [0.5, 0.6) is 0 Å². The molecule has 1 aromatic rings. The van der Waals surface area contributed by atoms with E-state index in [4.69, 9.17) is 23.2 Å². The third kappa shape index (κ3) is 1.54. The Morgan fingerprint density at radius 1 is 1.12 bits per heavy atom. The predicted octanol–water partition coefficient (Wildman–Crippen LogP) is 2.94. The highest BCUT2D eigenvalue weighted by Crippen LogP contribution is 2.49. The number of rotatable bonds is 0. The van der Waals surface area contributed by atoms with E-state index in [1.54, 1.807) is 0 Å². The minimum absolute atomic E-state index is 0.00864. The standard InChI is InChI=1S/C11H11Cl2N3O/c12-7-6-8(16-10(13)14-7)15-9(17)11(6)4-2-1-3-5-11/h1-5H2,(H,14,15,16,17). The molecule has 1 aliphatic carbocycles. The third-order valence-electron chi connectivity index (χ3n) is 3.69. The molecule has 6 heteroatoms. The van der Waals surface area contributed by atoms with E-state index in [0.29, 0.717) is 11.0 Å². The van der Waals surface area contributed by atoms with Gasteiger partial charge in [-0.05, 0) is 24.4 Å². The highest BCUT2D eigenvalue weighted by Gasteiger charge is 2.49. The molecule has 0 bridgehead atoms. The lowest BCUT2D eigenvalue weighted by molar-refractivity contribution is -0.121. The zero-order chi connectivity index (χ0) is 12.0. The van der Waals surface area contributed by atoms with Gasteiger partial charge >= 0.3 is 0 Å². The lowest BCUT2D eigenvalue weighted by Crippen LogP contribution is -2.36. The fraction of sp³-hybridized carbons (Fsp3) is 0.545. The van der Waals surface area contributed by atoms with E-state index in [-0.39, 0.29) is 11.2 Å². The average molecular weight is 272 g/mol. The van der Waals surface area contributed by atoms with Crippen molar-refractivity contribution in [3.05, 3.63) is 16.0 Å². The molecule has 0 atom stereocenters. The molecule has 1 aliphatic heterocycles. The number of hydrogen-bond acceptors (Lipinski definition) is 3. The second kappa shape index (κ2) is 3.82. The van der Waals surface area contributed by atoms with Crippen LogP contribution in [-0.4, -0.2) is 15.9 Å². The number of nitrogens with one attached hydrogen (secondary N) is 1. The topological polar surface area (TPSA) is 54.9 Å². The van der Waals surface area contributed by atoms with Crippen molar-refractivity contribution in [3.63, 3.8) is 0 Å². The fourth-order valence-corrected chi connectivity index (χ4v) is 3.46. The number of halogens is 2. The minimum Gasteiger partial charge on any atom is -0.309 e. The predicted molar refractivity (Wildman–Crippen MR) is 65.4 cm³/mol. The zero-order valence-corrected chi connectivity index (χ0v) is 10.6. The number of hydrogen-bond donors (Lipinski definition) is 1. The summed E-state index contributed by atoms with van der Waals surface area (Å²) in [4.78, 5) is 20.2. The van der Waals surface area contributed by atoms with Crippen LogP contribution in [0.3, 0.4) is 0 Å². The van der Waals surface area contributed by atoms with Gasteiger partial charge < -0.3 is 5.32 Å². The van der Waals surface area contributed by atoms with Crippen molar-refractivity contribution < 1.29 is 4.79 Å². The summed E-state index contributed by atoms with van der Waals surface area (Å²) in [6, 6.07) is 0. The molecule has 0 radical (unpaired) electrons. The molecule has 2 aliphatic rings. The largest absolute Gasteiger partial charge is 0.309 e. The molecule has 0 saturated heterocycles. The van der Waals surface area contributed by atoms with Crippen molar-refractivity contribution in [2.24, 2.45) is 0 Å². The Labute approximate surface area is 109 Å². The zero-order valence-electron chi connectivity index (χ0n) is 9.09. The Kier molecular flexibility index (Phi) is 2.52. The van der Waals surface area contributed by atoms with Gasteiger partial charge in [0.25, 0.3) is 0 Å². The van der Waals surface area contributed by atoms with Gasteiger partial charge in [0.05, 0.1) is 5.41 Å². The van der Waals surface area contributed by atoms with Crippen LogP contribution in [-0.2, 0) is 10.2 Å². The van der Waals surface area contributed by atoms with Crippen LogP contribution >= 0.6 is 23.2 Å². The van der Waals surface area contributed by atoms with Crippen molar-refractivity contribution in [1.29, 1.82) is 0 Å². The second-order valence-corrected chi connectivity index (χ2v) is 5.30. The summed E-state index contributed by atoms with van der Waals surface area (Å²) in [6.07, 6.45) is 4.86. The molecular weight excluding hydrogens is 261 g/mol. The van der Waals surface area contributed by atoms with E-state index < -0.39 is 5.41 Å². The first-order valence-corrected chi connectivity index (χ1v) is 6.44. The van der Waals surface area contributed by atoms with Gasteiger partial charge in [-0.1, -0.05) is 30.9 Å². The molecule has 4 nitrogen and oxygen atoms in total. The lowest BCUT2D eigenvalue weighted by Gasteiger charge is -2.31. The summed E-state index contributed by atoms with van der Waals surface area (Å²) in [6.45, 7) is 0. The monoisotopic (exact) mass is 271 g/mol. The maximum atomic E-state index is 12.2. The number of amides is 1. The van der Waals surface area contributed by atoms with Gasteiger partial charge in [0, 0.05) is 5.56 Å². The summed E-state index contributed by atoms with van der Waals surface area (Å²) in [5.74, 6) is 0.479. The van der Waals surface area contributed by atoms with E-state index in [0.717, 1.165) is 37.7 Å². The summed E-state index contributed by atoms with van der Waals surface area (Å²) in [5.41, 5.74) is 0.225. The first-order chi connectivity index (χ1) is 8.13. The summed E-state index contributed by atoms with van der Waals surface area (Å²) in [5, 5.41) is 3.16. The summed E-state index contributed by atoms with van der Waals surface area (Å²) >= 11 is 11.9. The van der Waals surface area contributed by atoms with E-state index in [2.05, 4.69) is 15.3 Å². The van der Waals surface area contributed by atoms with E-state index in [1.165, 1.54) is 0 Å². The van der Waals surface area contributed by atoms with Crippen LogP contribution in [0.4, 0.5) is 5.82 Å². The second-order valence-electron chi connectivity index (χ2n) is 4.60. The first kappa shape index (κ1) is 11.2. The van der Waals surface area contributed by atoms with Crippen LogP contribution < -0.4 is 5.32 Å². The molecule has 1 aromatic heterocycles. The molecule has 1 N–H and O–H groups in total. The molecule has 17 heavy (non-hydrogen) atoms. The number of nitrogens with zero attached hydrogens (tertiary/aromatic N) is 2. The summed E-state index contributed by atoms with van der Waals surface area (Å²) < 4.78 is 0. The Bertz CT molecular complexity index is 498. The van der Waals surface area contributed by atoms with Gasteiger partial charge in [0.15, 0.2) is 0 Å². The number of carbonyl (C=O) groups is 1. The van der Waals surface area contributed by atoms with Crippen LogP contribution in [0.25, 0.3) is 0 Å². The number of anilines is 1. The molecule has 1 fully saturated rings. The van der Waals surface area contributed by atoms with Crippen LogP contribution in [0.1, 0.15) is 37.7 Å². The number of fused-ring (bicyclic) bond motifs is 2. The molecule has 3 rings (SSSR count). The smallest absolute Gasteiger partial charge is 0.236 e. The first-order valence-electron chi connectivity index (χ1n) is 5.68. The quantitative estimate of drug-likeness (QED) is 0.583. The van der Waals surface area contributed by atoms with Gasteiger partial charge in [-0.2, -0.15) is 4.98 Å². The molecule has 1 saturated carbocycles. The minimum atomic E-state index is -0.519. The fourth-order valence-electron chi connectivity index (χ4n) is 2.90. The van der Waals surface area contributed by atoms with E-state index in [1.807, 2.05) is 0 Å². The molecule has 1 spiro atoms. The van der Waals surface area contributed by atoms with Gasteiger partial charge in [-0.3, -0.25) is 4.79 Å². The van der Waals surface area contributed by atoms with Crippen molar-refractivity contribution in [2.75, 3.05) is 5.32 Å². The maximum absolute atomic E-state index is 12.2. The van der Waals surface area contributed by atoms with Crippen LogP contribution in [0.2, 0.25) is 10.4 Å². The SMILES string of the molecule is O=C1Nc2nc(Cl)nc(Cl)c2C12CCCCC2. The van der Waals surface area contributed by atoms with Crippen LogP contribution in [0.15, 0.2) is 0 Å². The Balaban J connectivity index is 2.18. The average Bonchev–Trinajstić information content (AvgIpc) is 2.53. The van der Waals surface area contributed by atoms with Crippen molar-refractivity contribution in [2.45, 2.75) is 37.5 Å². The van der Waals surface area contributed by atoms with Crippen molar-refractivity contribution >= 4 is 34.9 Å². The molecule has 0 unspecified atom stereocenters. The lowest BCUT2D eigenvalue weighted by atomic mass is 9.71. The highest BCUT2D eigenvalue weighted by molar-refractivity contribution is 6.33. The summed E-state index contributed by atoms with van der Waals surface area (Å²) in [7, 11) is 0. The van der Waals surface area contributed by atoms with Crippen LogP contribution in [0, 0.1) is 0 Å². The van der Waals surface area contributed by atoms with Gasteiger partial charge in [-0.15, -0.1) is 0 Å². The Hall–Kier alpha value is -0.870. The van der Waals surface area contributed by atoms with E-state index in [9.17, 15) is 4.79 Å². The third-order valence-corrected chi connectivity index (χ3v) is 4.13. The molecule has 0 aromatic carbocycles. The van der Waals surface area contributed by atoms with Gasteiger partial charge in [0.1, 0.15) is 11.0 Å².